The maximum absolute atomic E-state index is 5.28. The molecule has 2 aromatic rings. The molecule has 140 valence electrons. The predicted octanol–water partition coefficient (Wildman–Crippen LogP) is 2.20. The third-order valence-electron chi connectivity index (χ3n) is 5.86. The van der Waals surface area contributed by atoms with E-state index in [4.69, 9.17) is 4.74 Å². The molecule has 6 heteroatoms. The Balaban J connectivity index is 1.40. The summed E-state index contributed by atoms with van der Waals surface area (Å²) in [5.41, 5.74) is 1.73. The van der Waals surface area contributed by atoms with Crippen molar-refractivity contribution < 1.29 is 4.74 Å². The number of piperidine rings is 1. The van der Waals surface area contributed by atoms with Gasteiger partial charge < -0.3 is 9.64 Å². The molecule has 2 aromatic heterocycles. The minimum absolute atomic E-state index is 0.465. The number of rotatable bonds is 6. The first-order chi connectivity index (χ1) is 12.8. The first-order valence-corrected chi connectivity index (χ1v) is 9.65. The van der Waals surface area contributed by atoms with Crippen LogP contribution in [0.2, 0.25) is 0 Å². The van der Waals surface area contributed by atoms with Gasteiger partial charge in [-0.1, -0.05) is 0 Å². The normalized spacial score (nSPS) is 24.5. The SMILES string of the molecule is COCCN1CCC[C@@]2(CCN(Cc3cccn3-c3ncccn3)C2)C1. The van der Waals surface area contributed by atoms with Crippen LogP contribution in [0.1, 0.15) is 25.0 Å². The molecule has 0 amide bonds. The van der Waals surface area contributed by atoms with E-state index in [-0.39, 0.29) is 0 Å². The van der Waals surface area contributed by atoms with Gasteiger partial charge in [-0.25, -0.2) is 9.97 Å². The molecule has 0 radical (unpaired) electrons. The largest absolute Gasteiger partial charge is 0.383 e. The van der Waals surface area contributed by atoms with Crippen molar-refractivity contribution in [2.45, 2.75) is 25.8 Å². The molecular weight excluding hydrogens is 326 g/mol. The van der Waals surface area contributed by atoms with Crippen LogP contribution in [0.4, 0.5) is 0 Å². The molecule has 0 bridgehead atoms. The lowest BCUT2D eigenvalue weighted by molar-refractivity contribution is 0.0672. The van der Waals surface area contributed by atoms with E-state index in [0.717, 1.165) is 25.6 Å². The smallest absolute Gasteiger partial charge is 0.233 e. The Hall–Kier alpha value is -1.76. The highest BCUT2D eigenvalue weighted by Crippen LogP contribution is 2.39. The Morgan fingerprint density at radius 3 is 2.77 bits per heavy atom. The van der Waals surface area contributed by atoms with Crippen LogP contribution in [-0.4, -0.2) is 70.8 Å². The summed E-state index contributed by atoms with van der Waals surface area (Å²) in [6, 6.07) is 6.13. The van der Waals surface area contributed by atoms with Crippen LogP contribution in [0.3, 0.4) is 0 Å². The zero-order valence-corrected chi connectivity index (χ0v) is 15.7. The fourth-order valence-electron chi connectivity index (χ4n) is 4.60. The molecule has 2 aliphatic heterocycles. The summed E-state index contributed by atoms with van der Waals surface area (Å²) in [5, 5.41) is 0. The van der Waals surface area contributed by atoms with Gasteiger partial charge in [0.25, 0.3) is 0 Å². The Bertz CT molecular complexity index is 703. The van der Waals surface area contributed by atoms with Gasteiger partial charge in [0.1, 0.15) is 0 Å². The molecule has 1 spiro atoms. The summed E-state index contributed by atoms with van der Waals surface area (Å²) >= 11 is 0. The van der Waals surface area contributed by atoms with Crippen LogP contribution in [-0.2, 0) is 11.3 Å². The van der Waals surface area contributed by atoms with Gasteiger partial charge in [0.2, 0.25) is 5.95 Å². The zero-order valence-electron chi connectivity index (χ0n) is 15.7. The fourth-order valence-corrected chi connectivity index (χ4v) is 4.60. The topological polar surface area (TPSA) is 46.4 Å². The maximum Gasteiger partial charge on any atom is 0.233 e. The summed E-state index contributed by atoms with van der Waals surface area (Å²) in [5.74, 6) is 0.754. The number of methoxy groups -OCH3 is 1. The van der Waals surface area contributed by atoms with Crippen molar-refractivity contribution in [1.82, 2.24) is 24.3 Å². The van der Waals surface area contributed by atoms with E-state index >= 15 is 0 Å². The maximum atomic E-state index is 5.28. The Morgan fingerprint density at radius 1 is 1.08 bits per heavy atom. The lowest BCUT2D eigenvalue weighted by Gasteiger charge is -2.40. The highest BCUT2D eigenvalue weighted by atomic mass is 16.5. The van der Waals surface area contributed by atoms with Gasteiger partial charge >= 0.3 is 0 Å². The molecule has 2 aliphatic rings. The van der Waals surface area contributed by atoms with Crippen molar-refractivity contribution in [3.05, 3.63) is 42.5 Å². The first kappa shape index (κ1) is 17.6. The number of nitrogens with zero attached hydrogens (tertiary/aromatic N) is 5. The van der Waals surface area contributed by atoms with E-state index in [1.54, 1.807) is 19.5 Å². The molecule has 26 heavy (non-hydrogen) atoms. The van der Waals surface area contributed by atoms with Crippen LogP contribution < -0.4 is 0 Å². The minimum atomic E-state index is 0.465. The van der Waals surface area contributed by atoms with Crippen LogP contribution in [0, 0.1) is 5.41 Å². The molecule has 4 rings (SSSR count). The molecule has 4 heterocycles. The molecule has 2 fully saturated rings. The summed E-state index contributed by atoms with van der Waals surface area (Å²) in [6.45, 7) is 7.67. The number of ether oxygens (including phenoxy) is 1. The van der Waals surface area contributed by atoms with Crippen molar-refractivity contribution in [3.63, 3.8) is 0 Å². The number of hydrogen-bond acceptors (Lipinski definition) is 5. The Labute approximate surface area is 155 Å². The lowest BCUT2D eigenvalue weighted by Crippen LogP contribution is -2.45. The molecule has 0 aromatic carbocycles. The van der Waals surface area contributed by atoms with E-state index < -0.39 is 0 Å². The van der Waals surface area contributed by atoms with Crippen LogP contribution >= 0.6 is 0 Å². The standard InChI is InChI=1S/C20H29N5O/c1-26-14-13-23-10-3-6-20(16-23)7-12-24(17-20)15-18-5-2-11-25(18)19-21-8-4-9-22-19/h2,4-5,8-9,11H,3,6-7,10,12-17H2,1H3/t20-/m1/s1. The van der Waals surface area contributed by atoms with Crippen molar-refractivity contribution in [2.75, 3.05) is 46.4 Å². The van der Waals surface area contributed by atoms with Crippen LogP contribution in [0.25, 0.3) is 5.95 Å². The number of aromatic nitrogens is 3. The molecule has 0 saturated carbocycles. The number of hydrogen-bond donors (Lipinski definition) is 0. The van der Waals surface area contributed by atoms with Crippen molar-refractivity contribution >= 4 is 0 Å². The second-order valence-corrected chi connectivity index (χ2v) is 7.75. The predicted molar refractivity (Wildman–Crippen MR) is 101 cm³/mol. The first-order valence-electron chi connectivity index (χ1n) is 9.65. The van der Waals surface area contributed by atoms with Gasteiger partial charge in [0.05, 0.1) is 6.61 Å². The third-order valence-corrected chi connectivity index (χ3v) is 5.86. The summed E-state index contributed by atoms with van der Waals surface area (Å²) in [7, 11) is 1.79. The van der Waals surface area contributed by atoms with E-state index in [2.05, 4.69) is 42.7 Å². The van der Waals surface area contributed by atoms with Gasteiger partial charge in [-0.2, -0.15) is 0 Å². The highest BCUT2D eigenvalue weighted by Gasteiger charge is 2.41. The minimum Gasteiger partial charge on any atom is -0.383 e. The van der Waals surface area contributed by atoms with Crippen LogP contribution in [0.15, 0.2) is 36.8 Å². The number of likely N-dealkylation sites (tertiary alicyclic amines) is 2. The molecule has 0 N–H and O–H groups in total. The Morgan fingerprint density at radius 2 is 1.92 bits per heavy atom. The highest BCUT2D eigenvalue weighted by molar-refractivity contribution is 5.20. The van der Waals surface area contributed by atoms with Crippen molar-refractivity contribution in [3.8, 4) is 5.95 Å². The average Bonchev–Trinajstić information content (AvgIpc) is 3.28. The fraction of sp³-hybridized carbons (Fsp3) is 0.600. The van der Waals surface area contributed by atoms with E-state index in [9.17, 15) is 0 Å². The van der Waals surface area contributed by atoms with Gasteiger partial charge in [-0.15, -0.1) is 0 Å². The zero-order chi connectivity index (χ0) is 17.8. The molecule has 1 atom stereocenters. The molecule has 0 unspecified atom stereocenters. The van der Waals surface area contributed by atoms with Crippen molar-refractivity contribution in [1.29, 1.82) is 0 Å². The summed E-state index contributed by atoms with van der Waals surface area (Å²) in [6.07, 6.45) is 9.63. The van der Waals surface area contributed by atoms with E-state index in [1.165, 1.54) is 51.1 Å². The second-order valence-electron chi connectivity index (χ2n) is 7.75. The van der Waals surface area contributed by atoms with Crippen molar-refractivity contribution in [2.24, 2.45) is 5.41 Å². The van der Waals surface area contributed by atoms with Gasteiger partial charge in [0.15, 0.2) is 0 Å². The van der Waals surface area contributed by atoms with E-state index in [0.29, 0.717) is 5.41 Å². The quantitative estimate of drug-likeness (QED) is 0.795. The van der Waals surface area contributed by atoms with Gasteiger partial charge in [-0.3, -0.25) is 9.47 Å². The summed E-state index contributed by atoms with van der Waals surface area (Å²) in [4.78, 5) is 14.0. The third kappa shape index (κ3) is 3.82. The van der Waals surface area contributed by atoms with E-state index in [1.807, 2.05) is 6.07 Å². The van der Waals surface area contributed by atoms with Gasteiger partial charge in [-0.05, 0) is 56.0 Å². The Kier molecular flexibility index (Phi) is 5.33. The van der Waals surface area contributed by atoms with Crippen LogP contribution in [0.5, 0.6) is 0 Å². The average molecular weight is 355 g/mol. The summed E-state index contributed by atoms with van der Waals surface area (Å²) < 4.78 is 7.38. The molecule has 0 aliphatic carbocycles. The molecule has 2 saturated heterocycles. The van der Waals surface area contributed by atoms with Gasteiger partial charge in [0, 0.05) is 57.6 Å². The monoisotopic (exact) mass is 355 g/mol. The molecular formula is C20H29N5O. The molecule has 6 nitrogen and oxygen atoms in total. The second kappa shape index (κ2) is 7.86. The lowest BCUT2D eigenvalue weighted by atomic mass is 9.79.